The summed E-state index contributed by atoms with van der Waals surface area (Å²) in [5.41, 5.74) is 0. The molecule has 1 N–H and O–H groups in total. The van der Waals surface area contributed by atoms with Crippen LogP contribution in [0.1, 0.15) is 6.42 Å². The summed E-state index contributed by atoms with van der Waals surface area (Å²) in [4.78, 5) is 15.8. The van der Waals surface area contributed by atoms with Crippen LogP contribution in [0, 0.1) is 0 Å². The van der Waals surface area contributed by atoms with Gasteiger partial charge in [0, 0.05) is 39.8 Å². The molecule has 1 unspecified atom stereocenters. The molecule has 0 aromatic rings. The van der Waals surface area contributed by atoms with Gasteiger partial charge in [0.15, 0.2) is 0 Å². The number of rotatable bonds is 4. The Bertz CT molecular complexity index is 241. The van der Waals surface area contributed by atoms with Gasteiger partial charge in [0.05, 0.1) is 19.3 Å². The molecule has 2 fully saturated rings. The average molecular weight is 227 g/mol. The zero-order valence-electron chi connectivity index (χ0n) is 9.95. The van der Waals surface area contributed by atoms with Gasteiger partial charge in [0.25, 0.3) is 0 Å². The Morgan fingerprint density at radius 3 is 2.75 bits per heavy atom. The molecule has 0 aromatic heterocycles. The highest BCUT2D eigenvalue weighted by atomic mass is 16.5. The summed E-state index contributed by atoms with van der Waals surface area (Å²) >= 11 is 0. The van der Waals surface area contributed by atoms with Crippen molar-refractivity contribution in [2.24, 2.45) is 0 Å². The molecule has 1 amide bonds. The van der Waals surface area contributed by atoms with Crippen LogP contribution >= 0.6 is 0 Å². The first-order valence-electron chi connectivity index (χ1n) is 6.06. The number of hydrogen-bond acceptors (Lipinski definition) is 4. The minimum Gasteiger partial charge on any atom is -0.379 e. The predicted octanol–water partition coefficient (Wildman–Crippen LogP) is -0.861. The lowest BCUT2D eigenvalue weighted by Gasteiger charge is -2.27. The van der Waals surface area contributed by atoms with Crippen molar-refractivity contribution in [1.29, 1.82) is 0 Å². The molecule has 5 nitrogen and oxygen atoms in total. The SMILES string of the molecule is CN1CCC(NCCN2CCOCC2)C1=O. The van der Waals surface area contributed by atoms with Gasteiger partial charge in [0.2, 0.25) is 5.91 Å². The summed E-state index contributed by atoms with van der Waals surface area (Å²) in [5.74, 6) is 0.238. The van der Waals surface area contributed by atoms with Crippen LogP contribution in [0.2, 0.25) is 0 Å². The monoisotopic (exact) mass is 227 g/mol. The Morgan fingerprint density at radius 1 is 1.38 bits per heavy atom. The summed E-state index contributed by atoms with van der Waals surface area (Å²) in [7, 11) is 1.87. The number of nitrogens with zero attached hydrogens (tertiary/aromatic N) is 2. The van der Waals surface area contributed by atoms with Crippen molar-refractivity contribution >= 4 is 5.91 Å². The van der Waals surface area contributed by atoms with E-state index in [4.69, 9.17) is 4.74 Å². The molecule has 2 saturated heterocycles. The van der Waals surface area contributed by atoms with Gasteiger partial charge in [-0.15, -0.1) is 0 Å². The van der Waals surface area contributed by atoms with Gasteiger partial charge in [-0.05, 0) is 6.42 Å². The van der Waals surface area contributed by atoms with Crippen molar-refractivity contribution in [3.63, 3.8) is 0 Å². The number of hydrogen-bond donors (Lipinski definition) is 1. The van der Waals surface area contributed by atoms with Crippen LogP contribution in [0.3, 0.4) is 0 Å². The fraction of sp³-hybridized carbons (Fsp3) is 0.909. The van der Waals surface area contributed by atoms with Crippen LogP contribution < -0.4 is 5.32 Å². The quantitative estimate of drug-likeness (QED) is 0.679. The van der Waals surface area contributed by atoms with E-state index >= 15 is 0 Å². The van der Waals surface area contributed by atoms with Gasteiger partial charge >= 0.3 is 0 Å². The molecule has 2 heterocycles. The van der Waals surface area contributed by atoms with E-state index in [1.165, 1.54) is 0 Å². The number of likely N-dealkylation sites (N-methyl/N-ethyl adjacent to an activating group) is 1. The third kappa shape index (κ3) is 2.93. The smallest absolute Gasteiger partial charge is 0.239 e. The Balaban J connectivity index is 1.62. The molecular formula is C11H21N3O2. The molecule has 2 aliphatic heterocycles. The number of carbonyl (C=O) groups excluding carboxylic acids is 1. The number of likely N-dealkylation sites (tertiary alicyclic amines) is 1. The molecule has 0 aliphatic carbocycles. The predicted molar refractivity (Wildman–Crippen MR) is 61.3 cm³/mol. The standard InChI is InChI=1S/C11H21N3O2/c1-13-4-2-10(11(13)15)12-3-5-14-6-8-16-9-7-14/h10,12H,2-9H2,1H3. The minimum atomic E-state index is 0.0473. The highest BCUT2D eigenvalue weighted by Crippen LogP contribution is 2.07. The van der Waals surface area contributed by atoms with Gasteiger partial charge < -0.3 is 15.0 Å². The molecule has 0 saturated carbocycles. The van der Waals surface area contributed by atoms with Crippen molar-refractivity contribution < 1.29 is 9.53 Å². The van der Waals surface area contributed by atoms with Crippen LogP contribution in [0.5, 0.6) is 0 Å². The first kappa shape index (κ1) is 11.8. The molecule has 0 spiro atoms. The maximum atomic E-state index is 11.6. The third-order valence-corrected chi connectivity index (χ3v) is 3.35. The first-order chi connectivity index (χ1) is 7.77. The Labute approximate surface area is 96.7 Å². The first-order valence-corrected chi connectivity index (χ1v) is 6.06. The molecule has 2 aliphatic rings. The normalized spacial score (nSPS) is 27.7. The van der Waals surface area contributed by atoms with Crippen molar-refractivity contribution in [2.45, 2.75) is 12.5 Å². The van der Waals surface area contributed by atoms with Crippen LogP contribution in [0.15, 0.2) is 0 Å². The number of ether oxygens (including phenoxy) is 1. The minimum absolute atomic E-state index is 0.0473. The van der Waals surface area contributed by atoms with Crippen molar-refractivity contribution in [3.8, 4) is 0 Å². The molecule has 16 heavy (non-hydrogen) atoms. The number of amides is 1. The summed E-state index contributed by atoms with van der Waals surface area (Å²) in [6, 6.07) is 0.0473. The fourth-order valence-corrected chi connectivity index (χ4v) is 2.23. The second-order valence-electron chi connectivity index (χ2n) is 4.51. The third-order valence-electron chi connectivity index (χ3n) is 3.35. The van der Waals surface area contributed by atoms with Crippen molar-refractivity contribution in [2.75, 3.05) is 53.0 Å². The highest BCUT2D eigenvalue weighted by Gasteiger charge is 2.28. The maximum Gasteiger partial charge on any atom is 0.239 e. The summed E-state index contributed by atoms with van der Waals surface area (Å²) in [5, 5.41) is 3.34. The second-order valence-corrected chi connectivity index (χ2v) is 4.51. The summed E-state index contributed by atoms with van der Waals surface area (Å²) in [6.45, 7) is 6.49. The molecular weight excluding hydrogens is 206 g/mol. The van der Waals surface area contributed by atoms with Crippen molar-refractivity contribution in [1.82, 2.24) is 15.1 Å². The lowest BCUT2D eigenvalue weighted by atomic mass is 10.2. The number of carbonyl (C=O) groups is 1. The van der Waals surface area contributed by atoms with Crippen LogP contribution in [0.4, 0.5) is 0 Å². The van der Waals surface area contributed by atoms with Gasteiger partial charge in [-0.3, -0.25) is 9.69 Å². The van der Waals surface area contributed by atoms with E-state index in [0.29, 0.717) is 0 Å². The molecule has 92 valence electrons. The van der Waals surface area contributed by atoms with E-state index in [9.17, 15) is 4.79 Å². The van der Waals surface area contributed by atoms with Crippen LogP contribution in [-0.4, -0.2) is 74.7 Å². The molecule has 0 bridgehead atoms. The Morgan fingerprint density at radius 2 is 2.12 bits per heavy atom. The van der Waals surface area contributed by atoms with Crippen LogP contribution in [0.25, 0.3) is 0 Å². The van der Waals surface area contributed by atoms with Crippen molar-refractivity contribution in [3.05, 3.63) is 0 Å². The average Bonchev–Trinajstić information content (AvgIpc) is 2.62. The maximum absolute atomic E-state index is 11.6. The summed E-state index contributed by atoms with van der Waals surface area (Å²) in [6.07, 6.45) is 0.943. The van der Waals surface area contributed by atoms with Gasteiger partial charge in [0.1, 0.15) is 0 Å². The van der Waals surface area contributed by atoms with Gasteiger partial charge in [-0.2, -0.15) is 0 Å². The Kier molecular flexibility index (Phi) is 4.15. The topological polar surface area (TPSA) is 44.8 Å². The Hall–Kier alpha value is -0.650. The van der Waals surface area contributed by atoms with E-state index in [0.717, 1.165) is 52.4 Å². The number of morpholine rings is 1. The summed E-state index contributed by atoms with van der Waals surface area (Å²) < 4.78 is 5.29. The molecule has 5 heteroatoms. The zero-order chi connectivity index (χ0) is 11.4. The highest BCUT2D eigenvalue weighted by molar-refractivity contribution is 5.83. The van der Waals surface area contributed by atoms with E-state index in [2.05, 4.69) is 10.2 Å². The van der Waals surface area contributed by atoms with Gasteiger partial charge in [-0.25, -0.2) is 0 Å². The lowest BCUT2D eigenvalue weighted by molar-refractivity contribution is -0.128. The van der Waals surface area contributed by atoms with Crippen LogP contribution in [-0.2, 0) is 9.53 Å². The molecule has 0 aromatic carbocycles. The second kappa shape index (κ2) is 5.61. The van der Waals surface area contributed by atoms with E-state index in [1.54, 1.807) is 4.90 Å². The molecule has 1 atom stereocenters. The largest absolute Gasteiger partial charge is 0.379 e. The molecule has 2 rings (SSSR count). The zero-order valence-corrected chi connectivity index (χ0v) is 9.95. The fourth-order valence-electron chi connectivity index (χ4n) is 2.23. The van der Waals surface area contributed by atoms with E-state index < -0.39 is 0 Å². The number of nitrogens with one attached hydrogen (secondary N) is 1. The molecule has 0 radical (unpaired) electrons. The lowest BCUT2D eigenvalue weighted by Crippen LogP contribution is -2.44. The van der Waals surface area contributed by atoms with Gasteiger partial charge in [-0.1, -0.05) is 0 Å². The van der Waals surface area contributed by atoms with E-state index in [-0.39, 0.29) is 11.9 Å². The van der Waals surface area contributed by atoms with E-state index in [1.807, 2.05) is 7.05 Å².